The molecule has 0 atom stereocenters. The summed E-state index contributed by atoms with van der Waals surface area (Å²) < 4.78 is 13.8. The highest BCUT2D eigenvalue weighted by Gasteiger charge is 2.15. The monoisotopic (exact) mass is 319 g/mol. The van der Waals surface area contributed by atoms with E-state index in [2.05, 4.69) is 4.98 Å². The van der Waals surface area contributed by atoms with Crippen molar-refractivity contribution in [3.05, 3.63) is 32.8 Å². The number of carbonyl (C=O) groups is 1. The summed E-state index contributed by atoms with van der Waals surface area (Å²) in [5.74, 6) is -1.37. The van der Waals surface area contributed by atoms with E-state index in [9.17, 15) is 9.18 Å². The van der Waals surface area contributed by atoms with Gasteiger partial charge in [-0.1, -0.05) is 0 Å². The molecule has 1 aromatic carbocycles. The molecule has 15 heavy (non-hydrogen) atoms. The number of hydrogen-bond donors (Lipinski definition) is 2. The molecule has 5 heteroatoms. The highest BCUT2D eigenvalue weighted by molar-refractivity contribution is 14.1. The van der Waals surface area contributed by atoms with Crippen molar-refractivity contribution in [1.29, 1.82) is 0 Å². The molecule has 2 N–H and O–H groups in total. The molecule has 1 heterocycles. The number of hydrogen-bond acceptors (Lipinski definition) is 1. The molecule has 0 saturated carbocycles. The van der Waals surface area contributed by atoms with Crippen LogP contribution < -0.4 is 0 Å². The van der Waals surface area contributed by atoms with E-state index in [0.717, 1.165) is 5.39 Å². The van der Waals surface area contributed by atoms with Gasteiger partial charge in [0.1, 0.15) is 11.5 Å². The van der Waals surface area contributed by atoms with Crippen LogP contribution in [0, 0.1) is 16.3 Å². The number of H-pyrrole nitrogens is 1. The Morgan fingerprint density at radius 1 is 1.53 bits per heavy atom. The molecule has 0 unspecified atom stereocenters. The van der Waals surface area contributed by atoms with Crippen LogP contribution in [0.3, 0.4) is 0 Å². The zero-order chi connectivity index (χ0) is 11.2. The van der Waals surface area contributed by atoms with E-state index in [-0.39, 0.29) is 11.5 Å². The third-order valence-electron chi connectivity index (χ3n) is 2.23. The van der Waals surface area contributed by atoms with Gasteiger partial charge in [-0.2, -0.15) is 0 Å². The molecular formula is C10H7FINO2. The molecule has 3 nitrogen and oxygen atoms in total. The summed E-state index contributed by atoms with van der Waals surface area (Å²) in [5.41, 5.74) is 1.13. The van der Waals surface area contributed by atoms with Crippen molar-refractivity contribution in [2.24, 2.45) is 0 Å². The summed E-state index contributed by atoms with van der Waals surface area (Å²) in [5, 5.41) is 9.62. The Balaban J connectivity index is 2.83. The maximum atomic E-state index is 13.2. The van der Waals surface area contributed by atoms with Crippen LogP contribution in [0.25, 0.3) is 10.9 Å². The normalized spacial score (nSPS) is 10.9. The van der Waals surface area contributed by atoms with Crippen molar-refractivity contribution in [3.8, 4) is 0 Å². The summed E-state index contributed by atoms with van der Waals surface area (Å²) >= 11 is 1.94. The molecule has 2 aromatic rings. The molecular weight excluding hydrogens is 312 g/mol. The third kappa shape index (κ3) is 1.60. The van der Waals surface area contributed by atoms with Gasteiger partial charge in [-0.25, -0.2) is 9.18 Å². The fourth-order valence-corrected chi connectivity index (χ4v) is 2.25. The second-order valence-corrected chi connectivity index (χ2v) is 4.34. The Hall–Kier alpha value is -1.11. The molecule has 1 aromatic heterocycles. The van der Waals surface area contributed by atoms with E-state index < -0.39 is 5.97 Å². The van der Waals surface area contributed by atoms with Crippen LogP contribution in [0.2, 0.25) is 0 Å². The largest absolute Gasteiger partial charge is 0.477 e. The Bertz CT molecular complexity index is 562. The number of carboxylic acid groups (broad SMARTS) is 1. The summed E-state index contributed by atoms with van der Waals surface area (Å²) in [6, 6.07) is 2.97. The SMILES string of the molecule is Cc1cc2c(I)c(C(=O)O)[nH]c2cc1F. The number of aromatic carboxylic acids is 1. The first kappa shape index (κ1) is 10.4. The van der Waals surface area contributed by atoms with Crippen molar-refractivity contribution in [2.45, 2.75) is 6.92 Å². The van der Waals surface area contributed by atoms with Crippen molar-refractivity contribution in [3.63, 3.8) is 0 Å². The summed E-state index contributed by atoms with van der Waals surface area (Å²) in [4.78, 5) is 13.5. The lowest BCUT2D eigenvalue weighted by molar-refractivity contribution is 0.0690. The number of fused-ring (bicyclic) bond motifs is 1. The highest BCUT2D eigenvalue weighted by Crippen LogP contribution is 2.26. The first-order valence-electron chi connectivity index (χ1n) is 4.21. The quantitative estimate of drug-likeness (QED) is 0.794. The number of aryl methyl sites for hydroxylation is 1. The van der Waals surface area contributed by atoms with Crippen LogP contribution in [0.4, 0.5) is 4.39 Å². The average molecular weight is 319 g/mol. The number of rotatable bonds is 1. The molecule has 0 radical (unpaired) electrons. The van der Waals surface area contributed by atoms with Gasteiger partial charge in [0.25, 0.3) is 0 Å². The summed E-state index contributed by atoms with van der Waals surface area (Å²) in [6.07, 6.45) is 0. The zero-order valence-electron chi connectivity index (χ0n) is 7.77. The minimum atomic E-state index is -1.03. The average Bonchev–Trinajstić information content (AvgIpc) is 2.46. The summed E-state index contributed by atoms with van der Waals surface area (Å²) in [7, 11) is 0. The number of aromatic amines is 1. The van der Waals surface area contributed by atoms with E-state index in [4.69, 9.17) is 5.11 Å². The van der Waals surface area contributed by atoms with Crippen LogP contribution in [0.5, 0.6) is 0 Å². The topological polar surface area (TPSA) is 53.1 Å². The van der Waals surface area contributed by atoms with Crippen molar-refractivity contribution >= 4 is 39.5 Å². The number of carboxylic acids is 1. The number of nitrogens with one attached hydrogen (secondary N) is 1. The molecule has 0 aliphatic heterocycles. The van der Waals surface area contributed by atoms with Gasteiger partial charge in [-0.15, -0.1) is 0 Å². The second-order valence-electron chi connectivity index (χ2n) is 3.27. The summed E-state index contributed by atoms with van der Waals surface area (Å²) in [6.45, 7) is 1.65. The molecule has 0 aliphatic carbocycles. The van der Waals surface area contributed by atoms with E-state index in [0.29, 0.717) is 14.7 Å². The lowest BCUT2D eigenvalue weighted by Crippen LogP contribution is -1.97. The number of benzene rings is 1. The van der Waals surface area contributed by atoms with Gasteiger partial charge in [0.15, 0.2) is 0 Å². The van der Waals surface area contributed by atoms with Gasteiger partial charge in [0.05, 0.1) is 9.09 Å². The van der Waals surface area contributed by atoms with E-state index in [1.165, 1.54) is 6.07 Å². The standard InChI is InChI=1S/C10H7FINO2/c1-4-2-5-7(3-6(4)11)13-9(8(5)12)10(14)15/h2-3,13H,1H3,(H,14,15). The molecule has 0 fully saturated rings. The van der Waals surface area contributed by atoms with Crippen LogP contribution in [0.15, 0.2) is 12.1 Å². The Morgan fingerprint density at radius 2 is 2.20 bits per heavy atom. The smallest absolute Gasteiger partial charge is 0.353 e. The van der Waals surface area contributed by atoms with E-state index >= 15 is 0 Å². The maximum Gasteiger partial charge on any atom is 0.353 e. The van der Waals surface area contributed by atoms with Gasteiger partial charge in [0.2, 0.25) is 0 Å². The lowest BCUT2D eigenvalue weighted by Gasteiger charge is -1.96. The minimum Gasteiger partial charge on any atom is -0.477 e. The lowest BCUT2D eigenvalue weighted by atomic mass is 10.1. The van der Waals surface area contributed by atoms with Crippen LogP contribution in [-0.4, -0.2) is 16.1 Å². The Kier molecular flexibility index (Phi) is 2.41. The predicted molar refractivity (Wildman–Crippen MR) is 62.7 cm³/mol. The molecule has 0 saturated heterocycles. The van der Waals surface area contributed by atoms with E-state index in [1.807, 2.05) is 22.6 Å². The molecule has 0 aliphatic rings. The first-order valence-corrected chi connectivity index (χ1v) is 5.29. The fraction of sp³-hybridized carbons (Fsp3) is 0.100. The van der Waals surface area contributed by atoms with Gasteiger partial charge >= 0.3 is 5.97 Å². The zero-order valence-corrected chi connectivity index (χ0v) is 9.92. The van der Waals surface area contributed by atoms with Gasteiger partial charge in [-0.05, 0) is 47.2 Å². The van der Waals surface area contributed by atoms with Crippen LogP contribution in [-0.2, 0) is 0 Å². The number of halogens is 2. The van der Waals surface area contributed by atoms with Gasteiger partial charge < -0.3 is 10.1 Å². The molecule has 0 amide bonds. The van der Waals surface area contributed by atoms with Gasteiger partial charge in [0, 0.05) is 5.39 Å². The second kappa shape index (κ2) is 3.48. The Morgan fingerprint density at radius 3 is 2.80 bits per heavy atom. The first-order chi connectivity index (χ1) is 7.00. The van der Waals surface area contributed by atoms with Crippen molar-refractivity contribution in [1.82, 2.24) is 4.98 Å². The number of aromatic nitrogens is 1. The minimum absolute atomic E-state index is 0.107. The van der Waals surface area contributed by atoms with E-state index in [1.54, 1.807) is 13.0 Å². The molecule has 2 rings (SSSR count). The highest BCUT2D eigenvalue weighted by atomic mass is 127. The van der Waals surface area contributed by atoms with Crippen LogP contribution >= 0.6 is 22.6 Å². The molecule has 78 valence electrons. The van der Waals surface area contributed by atoms with Crippen molar-refractivity contribution < 1.29 is 14.3 Å². The molecule has 0 bridgehead atoms. The third-order valence-corrected chi connectivity index (χ3v) is 3.35. The predicted octanol–water partition coefficient (Wildman–Crippen LogP) is 2.92. The maximum absolute atomic E-state index is 13.2. The van der Waals surface area contributed by atoms with Gasteiger partial charge in [-0.3, -0.25) is 0 Å². The molecule has 0 spiro atoms. The van der Waals surface area contributed by atoms with Crippen LogP contribution in [0.1, 0.15) is 16.1 Å². The fourth-order valence-electron chi connectivity index (χ4n) is 1.44. The Labute approximate surface area is 98.4 Å². The van der Waals surface area contributed by atoms with Crippen molar-refractivity contribution in [2.75, 3.05) is 0 Å².